The zero-order valence-electron chi connectivity index (χ0n) is 10.9. The maximum atomic E-state index is 12.9. The van der Waals surface area contributed by atoms with Gasteiger partial charge in [-0.3, -0.25) is 0 Å². The summed E-state index contributed by atoms with van der Waals surface area (Å²) in [6, 6.07) is 0.199. The lowest BCUT2D eigenvalue weighted by Gasteiger charge is -2.31. The van der Waals surface area contributed by atoms with Crippen molar-refractivity contribution in [2.75, 3.05) is 13.2 Å². The van der Waals surface area contributed by atoms with Crippen LogP contribution in [0.2, 0.25) is 0 Å². The topological polar surface area (TPSA) is 32.3 Å². The van der Waals surface area contributed by atoms with Crippen molar-refractivity contribution in [3.8, 4) is 0 Å². The van der Waals surface area contributed by atoms with Crippen molar-refractivity contribution in [3.63, 3.8) is 0 Å². The van der Waals surface area contributed by atoms with E-state index in [9.17, 15) is 8.78 Å². The second-order valence-corrected chi connectivity index (χ2v) is 5.75. The maximum absolute atomic E-state index is 12.9. The van der Waals surface area contributed by atoms with Crippen LogP contribution in [0.4, 0.5) is 8.78 Å². The van der Waals surface area contributed by atoms with E-state index in [4.69, 9.17) is 5.11 Å². The molecule has 1 rings (SSSR count). The molecule has 0 aromatic heterocycles. The quantitative estimate of drug-likeness (QED) is 0.758. The molecular weight excluding hydrogens is 224 g/mol. The lowest BCUT2D eigenvalue weighted by molar-refractivity contribution is -0.0504. The molecule has 2 atom stereocenters. The molecule has 0 spiro atoms. The largest absolute Gasteiger partial charge is 0.390 e. The van der Waals surface area contributed by atoms with Gasteiger partial charge in [-0.25, -0.2) is 8.78 Å². The molecule has 1 aliphatic rings. The van der Waals surface area contributed by atoms with Crippen molar-refractivity contribution < 1.29 is 13.9 Å². The predicted octanol–water partition coefficient (Wildman–Crippen LogP) is 2.81. The Morgan fingerprint density at radius 3 is 2.65 bits per heavy atom. The molecule has 102 valence electrons. The molecule has 1 saturated carbocycles. The van der Waals surface area contributed by atoms with E-state index in [1.165, 1.54) is 12.8 Å². The van der Waals surface area contributed by atoms with E-state index in [1.54, 1.807) is 0 Å². The molecule has 0 saturated heterocycles. The molecule has 2 N–H and O–H groups in total. The van der Waals surface area contributed by atoms with Crippen molar-refractivity contribution in [3.05, 3.63) is 0 Å². The number of halogens is 2. The third kappa shape index (κ3) is 5.77. The molecule has 0 heterocycles. The summed E-state index contributed by atoms with van der Waals surface area (Å²) in [5, 5.41) is 11.4. The van der Waals surface area contributed by atoms with E-state index in [2.05, 4.69) is 19.2 Å². The molecule has 0 aromatic rings. The molecule has 2 unspecified atom stereocenters. The SMILES string of the molecule is CC(C)CC1CCCC(NCC(F)(F)CO)C1. The van der Waals surface area contributed by atoms with Crippen LogP contribution in [0.5, 0.6) is 0 Å². The normalized spacial score (nSPS) is 26.5. The van der Waals surface area contributed by atoms with E-state index in [0.29, 0.717) is 11.8 Å². The first kappa shape index (κ1) is 14.8. The van der Waals surface area contributed by atoms with Gasteiger partial charge in [-0.15, -0.1) is 0 Å². The predicted molar refractivity (Wildman–Crippen MR) is 65.2 cm³/mol. The maximum Gasteiger partial charge on any atom is 0.282 e. The summed E-state index contributed by atoms with van der Waals surface area (Å²) in [7, 11) is 0. The van der Waals surface area contributed by atoms with Gasteiger partial charge in [0.2, 0.25) is 0 Å². The van der Waals surface area contributed by atoms with Gasteiger partial charge in [0, 0.05) is 6.04 Å². The fraction of sp³-hybridized carbons (Fsp3) is 1.00. The summed E-state index contributed by atoms with van der Waals surface area (Å²) >= 11 is 0. The Hall–Kier alpha value is -0.220. The average Bonchev–Trinajstić information content (AvgIpc) is 2.26. The molecule has 0 aliphatic heterocycles. The van der Waals surface area contributed by atoms with E-state index in [-0.39, 0.29) is 6.04 Å². The fourth-order valence-corrected chi connectivity index (χ4v) is 2.71. The van der Waals surface area contributed by atoms with Gasteiger partial charge in [0.05, 0.1) is 6.54 Å². The summed E-state index contributed by atoms with van der Waals surface area (Å²) in [6.45, 7) is 2.94. The molecule has 1 aliphatic carbocycles. The third-order valence-corrected chi connectivity index (χ3v) is 3.47. The van der Waals surface area contributed by atoms with Crippen LogP contribution in [-0.2, 0) is 0 Å². The Morgan fingerprint density at radius 2 is 2.06 bits per heavy atom. The molecule has 2 nitrogen and oxygen atoms in total. The van der Waals surface area contributed by atoms with Gasteiger partial charge >= 0.3 is 0 Å². The van der Waals surface area contributed by atoms with Crippen LogP contribution in [0.25, 0.3) is 0 Å². The van der Waals surface area contributed by atoms with Gasteiger partial charge in [-0.05, 0) is 31.1 Å². The number of rotatable bonds is 6. The minimum absolute atomic E-state index is 0.199. The highest BCUT2D eigenvalue weighted by Crippen LogP contribution is 2.29. The zero-order valence-corrected chi connectivity index (χ0v) is 10.9. The van der Waals surface area contributed by atoms with Crippen molar-refractivity contribution in [1.29, 1.82) is 0 Å². The molecule has 0 bridgehead atoms. The van der Waals surface area contributed by atoms with Crippen LogP contribution in [-0.4, -0.2) is 30.2 Å². The molecular formula is C13H25F2NO. The van der Waals surface area contributed by atoms with Gasteiger partial charge < -0.3 is 10.4 Å². The third-order valence-electron chi connectivity index (χ3n) is 3.47. The number of hydrogen-bond acceptors (Lipinski definition) is 2. The summed E-state index contributed by atoms with van der Waals surface area (Å²) in [6.07, 6.45) is 5.52. The molecule has 0 aromatic carbocycles. The summed E-state index contributed by atoms with van der Waals surface area (Å²) in [5.41, 5.74) is 0. The average molecular weight is 249 g/mol. The van der Waals surface area contributed by atoms with Crippen molar-refractivity contribution in [2.45, 2.75) is 57.9 Å². The van der Waals surface area contributed by atoms with Crippen LogP contribution in [0.15, 0.2) is 0 Å². The minimum atomic E-state index is -2.98. The highest BCUT2D eigenvalue weighted by atomic mass is 19.3. The minimum Gasteiger partial charge on any atom is -0.390 e. The Balaban J connectivity index is 2.29. The lowest BCUT2D eigenvalue weighted by Crippen LogP contribution is -2.43. The first-order chi connectivity index (χ1) is 7.93. The lowest BCUT2D eigenvalue weighted by atomic mass is 9.81. The highest BCUT2D eigenvalue weighted by molar-refractivity contribution is 4.80. The van der Waals surface area contributed by atoms with Crippen LogP contribution < -0.4 is 5.32 Å². The zero-order chi connectivity index (χ0) is 12.9. The van der Waals surface area contributed by atoms with Crippen molar-refractivity contribution >= 4 is 0 Å². The number of alkyl halides is 2. The first-order valence-electron chi connectivity index (χ1n) is 6.65. The van der Waals surface area contributed by atoms with Crippen molar-refractivity contribution in [1.82, 2.24) is 5.32 Å². The summed E-state index contributed by atoms with van der Waals surface area (Å²) in [4.78, 5) is 0. The van der Waals surface area contributed by atoms with Crippen LogP contribution >= 0.6 is 0 Å². The standard InChI is InChI=1S/C13H25F2NO/c1-10(2)6-11-4-3-5-12(7-11)16-8-13(14,15)9-17/h10-12,16-17H,3-9H2,1-2H3. The van der Waals surface area contributed by atoms with Crippen molar-refractivity contribution in [2.24, 2.45) is 11.8 Å². The van der Waals surface area contributed by atoms with Gasteiger partial charge in [-0.1, -0.05) is 26.7 Å². The summed E-state index contributed by atoms with van der Waals surface area (Å²) < 4.78 is 25.8. The second-order valence-electron chi connectivity index (χ2n) is 5.75. The molecule has 1 fully saturated rings. The van der Waals surface area contributed by atoms with Gasteiger partial charge in [0.1, 0.15) is 6.61 Å². The van der Waals surface area contributed by atoms with Gasteiger partial charge in [0.25, 0.3) is 5.92 Å². The Bertz CT molecular complexity index is 221. The molecule has 0 amide bonds. The molecule has 0 radical (unpaired) electrons. The Labute approximate surface area is 103 Å². The molecule has 17 heavy (non-hydrogen) atoms. The number of hydrogen-bond donors (Lipinski definition) is 2. The number of aliphatic hydroxyl groups excluding tert-OH is 1. The number of aliphatic hydroxyl groups is 1. The Kier molecular flexibility index (Phi) is 5.80. The second kappa shape index (κ2) is 6.64. The van der Waals surface area contributed by atoms with E-state index >= 15 is 0 Å². The van der Waals surface area contributed by atoms with E-state index < -0.39 is 19.1 Å². The highest BCUT2D eigenvalue weighted by Gasteiger charge is 2.30. The van der Waals surface area contributed by atoms with Gasteiger partial charge in [0.15, 0.2) is 0 Å². The van der Waals surface area contributed by atoms with Gasteiger partial charge in [-0.2, -0.15) is 0 Å². The summed E-state index contributed by atoms with van der Waals surface area (Å²) in [5.74, 6) is -1.63. The Morgan fingerprint density at radius 1 is 1.35 bits per heavy atom. The number of nitrogens with one attached hydrogen (secondary N) is 1. The smallest absolute Gasteiger partial charge is 0.282 e. The first-order valence-corrected chi connectivity index (χ1v) is 6.65. The van der Waals surface area contributed by atoms with Crippen LogP contribution in [0, 0.1) is 11.8 Å². The fourth-order valence-electron chi connectivity index (χ4n) is 2.71. The molecule has 4 heteroatoms. The monoisotopic (exact) mass is 249 g/mol. The van der Waals surface area contributed by atoms with E-state index in [1.807, 2.05) is 0 Å². The van der Waals surface area contributed by atoms with Crippen LogP contribution in [0.3, 0.4) is 0 Å². The van der Waals surface area contributed by atoms with E-state index in [0.717, 1.165) is 19.3 Å². The van der Waals surface area contributed by atoms with Crippen LogP contribution in [0.1, 0.15) is 46.0 Å².